The molecule has 1 aliphatic rings. The Kier molecular flexibility index (Phi) is 6.84. The molecular formula is C24H27NO6. The lowest BCUT2D eigenvalue weighted by molar-refractivity contribution is -0.686. The third-order valence-electron chi connectivity index (χ3n) is 5.34. The first kappa shape index (κ1) is 22.2. The first-order valence-electron chi connectivity index (χ1n) is 10.2. The molecular weight excluding hydrogens is 398 g/mol. The number of aryl methyl sites for hydroxylation is 2. The summed E-state index contributed by atoms with van der Waals surface area (Å²) in [7, 11) is 3.26. The average Bonchev–Trinajstić information content (AvgIpc) is 2.76. The Bertz CT molecular complexity index is 1110. The number of carboxylic acid groups (broad SMARTS) is 1. The van der Waals surface area contributed by atoms with E-state index in [2.05, 4.69) is 16.8 Å². The molecule has 0 amide bonds. The number of aromatic nitrogens is 1. The molecule has 0 saturated carbocycles. The third kappa shape index (κ3) is 4.66. The second-order valence-corrected chi connectivity index (χ2v) is 7.38. The number of methoxy groups -OCH3 is 2. The summed E-state index contributed by atoms with van der Waals surface area (Å²) in [6, 6.07) is 9.23. The molecule has 0 bridgehead atoms. The number of benzene rings is 2. The van der Waals surface area contributed by atoms with Crippen molar-refractivity contribution in [1.29, 1.82) is 0 Å². The van der Waals surface area contributed by atoms with E-state index < -0.39 is 5.97 Å². The van der Waals surface area contributed by atoms with Gasteiger partial charge in [0.15, 0.2) is 35.7 Å². The van der Waals surface area contributed by atoms with Crippen molar-refractivity contribution in [3.05, 3.63) is 42.1 Å². The third-order valence-corrected chi connectivity index (χ3v) is 5.34. The van der Waals surface area contributed by atoms with Crippen LogP contribution in [0.2, 0.25) is 0 Å². The normalized spacial score (nSPS) is 11.7. The number of aliphatic carboxylic acids is 1. The highest BCUT2D eigenvalue weighted by atomic mass is 16.5. The molecule has 1 aromatic heterocycles. The van der Waals surface area contributed by atoms with Crippen molar-refractivity contribution in [2.45, 2.75) is 39.2 Å². The smallest absolute Gasteiger partial charge is 0.213 e. The van der Waals surface area contributed by atoms with E-state index >= 15 is 0 Å². The number of hydrogen-bond donors (Lipinski definition) is 2. The summed E-state index contributed by atoms with van der Waals surface area (Å²) < 4.78 is 13.1. The molecule has 31 heavy (non-hydrogen) atoms. The Morgan fingerprint density at radius 1 is 1.13 bits per heavy atom. The summed E-state index contributed by atoms with van der Waals surface area (Å²) in [6.45, 7) is 2.74. The second kappa shape index (κ2) is 9.55. The highest BCUT2D eigenvalue weighted by molar-refractivity contribution is 5.91. The van der Waals surface area contributed by atoms with E-state index in [-0.39, 0.29) is 17.9 Å². The number of phenolic OH excluding ortho intramolecular Hbond substituents is 2. The fourth-order valence-electron chi connectivity index (χ4n) is 3.73. The van der Waals surface area contributed by atoms with Crippen molar-refractivity contribution in [1.82, 2.24) is 0 Å². The van der Waals surface area contributed by atoms with Gasteiger partial charge in [0.05, 0.1) is 25.2 Å². The van der Waals surface area contributed by atoms with Crippen molar-refractivity contribution in [3.8, 4) is 34.3 Å². The zero-order chi connectivity index (χ0) is 22.5. The van der Waals surface area contributed by atoms with Gasteiger partial charge < -0.3 is 29.6 Å². The number of carbonyl (C=O) groups excluding carboxylic acids is 1. The molecule has 2 aromatic carbocycles. The van der Waals surface area contributed by atoms with E-state index in [1.54, 1.807) is 26.4 Å². The Morgan fingerprint density at radius 2 is 1.87 bits per heavy atom. The minimum atomic E-state index is -0.943. The molecule has 0 aliphatic carbocycles. The summed E-state index contributed by atoms with van der Waals surface area (Å²) in [6.07, 6.45) is 4.71. The lowest BCUT2D eigenvalue weighted by Crippen LogP contribution is -2.40. The molecule has 0 saturated heterocycles. The minimum absolute atomic E-state index is 0.0746. The predicted molar refractivity (Wildman–Crippen MR) is 114 cm³/mol. The van der Waals surface area contributed by atoms with Crippen LogP contribution in [0.1, 0.15) is 31.7 Å². The van der Waals surface area contributed by atoms with Crippen molar-refractivity contribution in [3.63, 3.8) is 0 Å². The Hall–Kier alpha value is -3.48. The molecule has 2 heterocycles. The van der Waals surface area contributed by atoms with E-state index in [4.69, 9.17) is 9.47 Å². The minimum Gasteiger partial charge on any atom is -0.550 e. The molecule has 2 N–H and O–H groups in total. The predicted octanol–water partition coefficient (Wildman–Crippen LogP) is 2.71. The van der Waals surface area contributed by atoms with Crippen molar-refractivity contribution < 1.29 is 34.2 Å². The van der Waals surface area contributed by atoms with Crippen LogP contribution >= 0.6 is 0 Å². The topological polar surface area (TPSA) is 103 Å². The molecule has 4 rings (SSSR count). The Morgan fingerprint density at radius 3 is 2.48 bits per heavy atom. The van der Waals surface area contributed by atoms with Gasteiger partial charge in [-0.2, -0.15) is 4.57 Å². The molecule has 0 atom stereocenters. The van der Waals surface area contributed by atoms with Gasteiger partial charge in [-0.05, 0) is 48.1 Å². The number of nitrogens with zero attached hydrogens (tertiary/aromatic N) is 1. The molecule has 164 valence electrons. The number of rotatable bonds is 5. The van der Waals surface area contributed by atoms with Crippen LogP contribution in [0.15, 0.2) is 36.5 Å². The monoisotopic (exact) mass is 425 g/mol. The maximum atomic E-state index is 9.87. The quantitative estimate of drug-likeness (QED) is 0.481. The molecule has 0 unspecified atom stereocenters. The zero-order valence-electron chi connectivity index (χ0n) is 18.0. The Labute approximate surface area is 181 Å². The fourth-order valence-corrected chi connectivity index (χ4v) is 3.73. The van der Waals surface area contributed by atoms with Crippen LogP contribution in [0, 0.1) is 0 Å². The first-order chi connectivity index (χ1) is 14.9. The largest absolute Gasteiger partial charge is 0.550 e. The number of carbonyl (C=O) groups is 1. The summed E-state index contributed by atoms with van der Waals surface area (Å²) >= 11 is 0. The van der Waals surface area contributed by atoms with Crippen LogP contribution < -0.4 is 19.1 Å². The number of pyridine rings is 1. The number of phenols is 2. The molecule has 3 aromatic rings. The maximum absolute atomic E-state index is 9.87. The van der Waals surface area contributed by atoms with Crippen LogP contribution in [0.5, 0.6) is 23.0 Å². The van der Waals surface area contributed by atoms with Crippen LogP contribution in [0.3, 0.4) is 0 Å². The van der Waals surface area contributed by atoms with E-state index in [0.717, 1.165) is 53.4 Å². The maximum Gasteiger partial charge on any atom is 0.213 e. The molecule has 7 heteroatoms. The van der Waals surface area contributed by atoms with Gasteiger partial charge in [0, 0.05) is 18.5 Å². The SMILES string of the molecule is CCCCC(=O)[O-].COc1ccc2cc3[n+](cc2c1OC)CCc1cc(O)c(O)cc1-3. The summed E-state index contributed by atoms with van der Waals surface area (Å²) in [4.78, 5) is 9.65. The summed E-state index contributed by atoms with van der Waals surface area (Å²) in [5.41, 5.74) is 2.98. The van der Waals surface area contributed by atoms with Crippen molar-refractivity contribution >= 4 is 16.7 Å². The second-order valence-electron chi connectivity index (χ2n) is 7.38. The number of ether oxygens (including phenoxy) is 2. The molecule has 0 spiro atoms. The molecule has 7 nitrogen and oxygen atoms in total. The highest BCUT2D eigenvalue weighted by Gasteiger charge is 2.26. The van der Waals surface area contributed by atoms with Gasteiger partial charge in [-0.3, -0.25) is 0 Å². The number of hydrogen-bond acceptors (Lipinski definition) is 6. The molecule has 0 radical (unpaired) electrons. The van der Waals surface area contributed by atoms with Crippen LogP contribution in [-0.2, 0) is 17.8 Å². The average molecular weight is 425 g/mol. The zero-order valence-corrected chi connectivity index (χ0v) is 18.0. The highest BCUT2D eigenvalue weighted by Crippen LogP contribution is 2.39. The van der Waals surface area contributed by atoms with Gasteiger partial charge >= 0.3 is 0 Å². The van der Waals surface area contributed by atoms with E-state index in [1.807, 2.05) is 19.1 Å². The number of fused-ring (bicyclic) bond motifs is 4. The van der Waals surface area contributed by atoms with Crippen LogP contribution in [0.25, 0.3) is 22.0 Å². The summed E-state index contributed by atoms with van der Waals surface area (Å²) in [5.74, 6) is 0.292. The van der Waals surface area contributed by atoms with Crippen molar-refractivity contribution in [2.24, 2.45) is 0 Å². The van der Waals surface area contributed by atoms with E-state index in [1.165, 1.54) is 0 Å². The van der Waals surface area contributed by atoms with Crippen LogP contribution in [0.4, 0.5) is 0 Å². The lowest BCUT2D eigenvalue weighted by atomic mass is 9.95. The summed E-state index contributed by atoms with van der Waals surface area (Å²) in [5, 5.41) is 31.3. The first-order valence-corrected chi connectivity index (χ1v) is 10.2. The van der Waals surface area contributed by atoms with Gasteiger partial charge in [-0.1, -0.05) is 13.3 Å². The molecule has 1 aliphatic heterocycles. The fraction of sp³-hybridized carbons (Fsp3) is 0.333. The van der Waals surface area contributed by atoms with Gasteiger partial charge in [0.25, 0.3) is 0 Å². The van der Waals surface area contributed by atoms with Crippen LogP contribution in [-0.4, -0.2) is 30.4 Å². The van der Waals surface area contributed by atoms with Gasteiger partial charge in [0.2, 0.25) is 5.69 Å². The standard InChI is InChI=1S/C19H17NO4.C5H10O2/c1-23-18-4-3-11-7-15-13-9-17(22)16(21)8-12(13)5-6-20(15)10-14(11)19(18)24-2;1-2-3-4-5(6)7/h3-4,7-10,22H,5-6H2,1-2H3;2-4H2,1H3,(H,6,7). The number of carboxylic acids is 1. The number of unbranched alkanes of at least 4 members (excludes halogenated alkanes) is 1. The van der Waals surface area contributed by atoms with Gasteiger partial charge in [-0.15, -0.1) is 0 Å². The van der Waals surface area contributed by atoms with Crippen molar-refractivity contribution in [2.75, 3.05) is 14.2 Å². The Balaban J connectivity index is 0.000000339. The van der Waals surface area contributed by atoms with E-state index in [9.17, 15) is 20.1 Å². The van der Waals surface area contributed by atoms with E-state index in [0.29, 0.717) is 11.5 Å². The number of aromatic hydroxyl groups is 2. The van der Waals surface area contributed by atoms with Gasteiger partial charge in [0.1, 0.15) is 0 Å². The van der Waals surface area contributed by atoms with Gasteiger partial charge in [-0.25, -0.2) is 0 Å². The molecule has 0 fully saturated rings. The lowest BCUT2D eigenvalue weighted by Gasteiger charge is -2.17.